The predicted molar refractivity (Wildman–Crippen MR) is 37.4 cm³/mol. The number of aromatic carboxylic acids is 1. The number of hydrogen-bond acceptors (Lipinski definition) is 1. The molecule has 0 amide bonds. The number of aryl methyl sites for hydroxylation is 1. The van der Waals surface area contributed by atoms with E-state index < -0.39 is 23.4 Å². The zero-order valence-corrected chi connectivity index (χ0v) is 6.59. The number of carboxylic acid groups (broad SMARTS) is 1. The van der Waals surface area contributed by atoms with Gasteiger partial charge in [0.05, 0.1) is 5.56 Å². The van der Waals surface area contributed by atoms with Crippen molar-refractivity contribution in [2.45, 2.75) is 6.18 Å². The van der Waals surface area contributed by atoms with Crippen LogP contribution in [-0.2, 0) is 13.2 Å². The molecule has 0 aliphatic carbocycles. The lowest BCUT2D eigenvalue weighted by atomic mass is 10.2. The quantitative estimate of drug-likeness (QED) is 0.738. The van der Waals surface area contributed by atoms with Crippen molar-refractivity contribution in [3.63, 3.8) is 0 Å². The van der Waals surface area contributed by atoms with E-state index in [4.69, 9.17) is 5.11 Å². The molecule has 1 aromatic rings. The molecule has 0 aromatic carbocycles. The van der Waals surface area contributed by atoms with E-state index in [1.165, 1.54) is 0 Å². The molecule has 0 atom stereocenters. The van der Waals surface area contributed by atoms with Gasteiger partial charge in [0.15, 0.2) is 0 Å². The van der Waals surface area contributed by atoms with Gasteiger partial charge in [0.2, 0.25) is 0 Å². The van der Waals surface area contributed by atoms with Crippen molar-refractivity contribution in [3.05, 3.63) is 23.5 Å². The summed E-state index contributed by atoms with van der Waals surface area (Å²) in [5, 5.41) is 8.43. The topological polar surface area (TPSA) is 42.2 Å². The van der Waals surface area contributed by atoms with Crippen molar-refractivity contribution in [1.29, 1.82) is 0 Å². The summed E-state index contributed by atoms with van der Waals surface area (Å²) in [5.74, 6) is -1.58. The fraction of sp³-hybridized carbons (Fsp3) is 0.286. The molecule has 6 heteroatoms. The maximum absolute atomic E-state index is 12.2. The summed E-state index contributed by atoms with van der Waals surface area (Å²) in [7, 11) is 1.15. The molecule has 1 rings (SSSR count). The van der Waals surface area contributed by atoms with Crippen LogP contribution in [0.4, 0.5) is 13.2 Å². The highest BCUT2D eigenvalue weighted by Crippen LogP contribution is 2.32. The summed E-state index contributed by atoms with van der Waals surface area (Å²) in [6, 6.07) is 0.922. The number of aromatic nitrogens is 1. The van der Waals surface area contributed by atoms with E-state index in [1.807, 2.05) is 0 Å². The van der Waals surface area contributed by atoms with Crippen LogP contribution in [0.15, 0.2) is 12.3 Å². The smallest absolute Gasteiger partial charge is 0.432 e. The summed E-state index contributed by atoms with van der Waals surface area (Å²) in [4.78, 5) is 10.4. The van der Waals surface area contributed by atoms with E-state index in [0.29, 0.717) is 0 Å². The van der Waals surface area contributed by atoms with E-state index in [9.17, 15) is 18.0 Å². The number of carbonyl (C=O) groups is 1. The second-order valence-corrected chi connectivity index (χ2v) is 2.49. The molecular formula is C7H6F3NO2. The molecule has 0 unspecified atom stereocenters. The minimum Gasteiger partial charge on any atom is -0.478 e. The van der Waals surface area contributed by atoms with Crippen LogP contribution in [0.1, 0.15) is 16.1 Å². The number of hydrogen-bond donors (Lipinski definition) is 1. The third kappa shape index (κ3) is 1.66. The molecule has 3 nitrogen and oxygen atoms in total. The first-order valence-electron chi connectivity index (χ1n) is 3.30. The Morgan fingerprint density at radius 1 is 1.54 bits per heavy atom. The second-order valence-electron chi connectivity index (χ2n) is 2.49. The summed E-state index contributed by atoms with van der Waals surface area (Å²) in [6.45, 7) is 0. The fourth-order valence-corrected chi connectivity index (χ4v) is 1.06. The largest absolute Gasteiger partial charge is 0.478 e. The Balaban J connectivity index is 3.33. The lowest BCUT2D eigenvalue weighted by molar-refractivity contribution is -0.143. The minimum atomic E-state index is -4.63. The number of carboxylic acids is 1. The van der Waals surface area contributed by atoms with Crippen LogP contribution in [0.5, 0.6) is 0 Å². The zero-order chi connectivity index (χ0) is 10.2. The maximum Gasteiger partial charge on any atom is 0.432 e. The monoisotopic (exact) mass is 193 g/mol. The van der Waals surface area contributed by atoms with Crippen molar-refractivity contribution in [2.24, 2.45) is 7.05 Å². The highest BCUT2D eigenvalue weighted by Gasteiger charge is 2.38. The Kier molecular flexibility index (Phi) is 2.07. The van der Waals surface area contributed by atoms with Crippen LogP contribution in [0, 0.1) is 0 Å². The number of halogens is 3. The second kappa shape index (κ2) is 2.79. The molecule has 0 saturated heterocycles. The molecule has 1 aromatic heterocycles. The highest BCUT2D eigenvalue weighted by molar-refractivity contribution is 5.89. The van der Waals surface area contributed by atoms with Gasteiger partial charge in [0, 0.05) is 13.2 Å². The first-order chi connectivity index (χ1) is 5.84. The van der Waals surface area contributed by atoms with Crippen molar-refractivity contribution in [2.75, 3.05) is 0 Å². The molecule has 0 spiro atoms. The van der Waals surface area contributed by atoms with Crippen LogP contribution in [0.2, 0.25) is 0 Å². The molecular weight excluding hydrogens is 187 g/mol. The van der Waals surface area contributed by atoms with Gasteiger partial charge in [-0.15, -0.1) is 0 Å². The molecule has 0 fully saturated rings. The van der Waals surface area contributed by atoms with E-state index in [2.05, 4.69) is 0 Å². The third-order valence-electron chi connectivity index (χ3n) is 1.57. The van der Waals surface area contributed by atoms with E-state index >= 15 is 0 Å². The summed E-state index contributed by atoms with van der Waals surface area (Å²) < 4.78 is 37.4. The third-order valence-corrected chi connectivity index (χ3v) is 1.57. The van der Waals surface area contributed by atoms with Crippen molar-refractivity contribution in [1.82, 2.24) is 4.57 Å². The van der Waals surface area contributed by atoms with Crippen LogP contribution >= 0.6 is 0 Å². The molecule has 72 valence electrons. The Morgan fingerprint density at radius 3 is 2.38 bits per heavy atom. The predicted octanol–water partition coefficient (Wildman–Crippen LogP) is 1.74. The molecule has 1 N–H and O–H groups in total. The number of rotatable bonds is 1. The molecule has 0 radical (unpaired) electrons. The van der Waals surface area contributed by atoms with Crippen molar-refractivity contribution >= 4 is 5.97 Å². The first-order valence-corrected chi connectivity index (χ1v) is 3.30. The first kappa shape index (κ1) is 9.63. The van der Waals surface area contributed by atoms with Gasteiger partial charge in [0.1, 0.15) is 5.69 Å². The molecule has 13 heavy (non-hydrogen) atoms. The van der Waals surface area contributed by atoms with Crippen LogP contribution in [0.3, 0.4) is 0 Å². The fourth-order valence-electron chi connectivity index (χ4n) is 1.06. The zero-order valence-electron chi connectivity index (χ0n) is 6.59. The summed E-state index contributed by atoms with van der Waals surface area (Å²) >= 11 is 0. The van der Waals surface area contributed by atoms with Gasteiger partial charge < -0.3 is 9.67 Å². The van der Waals surface area contributed by atoms with Gasteiger partial charge in [-0.3, -0.25) is 0 Å². The highest BCUT2D eigenvalue weighted by atomic mass is 19.4. The molecule has 0 aliphatic heterocycles. The van der Waals surface area contributed by atoms with Gasteiger partial charge in [-0.2, -0.15) is 13.2 Å². The molecule has 1 heterocycles. The van der Waals surface area contributed by atoms with Crippen molar-refractivity contribution in [3.8, 4) is 0 Å². The van der Waals surface area contributed by atoms with E-state index in [0.717, 1.165) is 23.9 Å². The van der Waals surface area contributed by atoms with Crippen molar-refractivity contribution < 1.29 is 23.1 Å². The van der Waals surface area contributed by atoms with Gasteiger partial charge in [-0.05, 0) is 6.07 Å². The standard InChI is InChI=1S/C7H6F3NO2/c1-11-3-2-4(6(12)13)5(11)7(8,9)10/h2-3H,1H3,(H,12,13). The Hall–Kier alpha value is -1.46. The molecule has 0 bridgehead atoms. The minimum absolute atomic E-state index is 0.727. The van der Waals surface area contributed by atoms with Gasteiger partial charge in [-0.1, -0.05) is 0 Å². The number of nitrogens with zero attached hydrogens (tertiary/aromatic N) is 1. The SMILES string of the molecule is Cn1ccc(C(=O)O)c1C(F)(F)F. The van der Waals surface area contributed by atoms with Crippen LogP contribution < -0.4 is 0 Å². The maximum atomic E-state index is 12.2. The summed E-state index contributed by atoms with van der Waals surface area (Å²) in [5.41, 5.74) is -1.87. The average molecular weight is 193 g/mol. The molecule has 0 aliphatic rings. The Bertz CT molecular complexity index is 340. The Labute approximate surface area is 71.4 Å². The lowest BCUT2D eigenvalue weighted by Gasteiger charge is -2.08. The number of alkyl halides is 3. The molecule has 0 saturated carbocycles. The lowest BCUT2D eigenvalue weighted by Crippen LogP contribution is -2.15. The van der Waals surface area contributed by atoms with E-state index in [-0.39, 0.29) is 0 Å². The van der Waals surface area contributed by atoms with Crippen LogP contribution in [-0.4, -0.2) is 15.6 Å². The normalized spacial score (nSPS) is 11.7. The Morgan fingerprint density at radius 2 is 2.08 bits per heavy atom. The van der Waals surface area contributed by atoms with Gasteiger partial charge >= 0.3 is 12.1 Å². The van der Waals surface area contributed by atoms with Crippen LogP contribution in [0.25, 0.3) is 0 Å². The van der Waals surface area contributed by atoms with E-state index in [1.54, 1.807) is 0 Å². The summed E-state index contributed by atoms with van der Waals surface area (Å²) in [6.07, 6.45) is -3.57. The van der Waals surface area contributed by atoms with Gasteiger partial charge in [0.25, 0.3) is 0 Å². The van der Waals surface area contributed by atoms with Gasteiger partial charge in [-0.25, -0.2) is 4.79 Å². The average Bonchev–Trinajstić information content (AvgIpc) is 2.28.